The van der Waals surface area contributed by atoms with Gasteiger partial charge in [-0.3, -0.25) is 4.99 Å². The molecule has 0 saturated heterocycles. The Hall–Kier alpha value is -2.52. The van der Waals surface area contributed by atoms with Crippen LogP contribution in [0.1, 0.15) is 43.6 Å². The Balaban J connectivity index is 0.000000720. The van der Waals surface area contributed by atoms with Gasteiger partial charge in [-0.05, 0) is 30.7 Å². The highest BCUT2D eigenvalue weighted by Crippen LogP contribution is 2.33. The first-order valence-corrected chi connectivity index (χ1v) is 10.7. The Kier molecular flexibility index (Phi) is 11.7. The minimum absolute atomic E-state index is 0.415. The molecule has 170 valence electrons. The molecule has 9 heteroatoms. The molecule has 0 bridgehead atoms. The van der Waals surface area contributed by atoms with Gasteiger partial charge in [0.2, 0.25) is 0 Å². The van der Waals surface area contributed by atoms with Crippen molar-refractivity contribution in [2.75, 3.05) is 26.5 Å². The quantitative estimate of drug-likeness (QED) is 0.442. The number of rotatable bonds is 6. The first kappa shape index (κ1) is 26.5. The number of methoxy groups -OCH3 is 1. The molecular weight excluding hydrogens is 425 g/mol. The van der Waals surface area contributed by atoms with E-state index in [1.807, 2.05) is 26.0 Å². The molecule has 0 aliphatic carbocycles. The fraction of sp³-hybridized carbons (Fsp3) is 0.409. The van der Waals surface area contributed by atoms with Crippen LogP contribution in [0.25, 0.3) is 21.5 Å². The van der Waals surface area contributed by atoms with Gasteiger partial charge in [0, 0.05) is 53.9 Å². The number of thiophene rings is 1. The minimum Gasteiger partial charge on any atom is -0.384 e. The van der Waals surface area contributed by atoms with Crippen LogP contribution in [-0.2, 0) is 4.74 Å². The molecule has 3 aromatic heterocycles. The normalized spacial score (nSPS) is 11.8. The Morgan fingerprint density at radius 2 is 1.90 bits per heavy atom. The van der Waals surface area contributed by atoms with Gasteiger partial charge in [-0.15, -0.1) is 11.3 Å². The molecule has 0 spiro atoms. The van der Waals surface area contributed by atoms with Gasteiger partial charge in [0.25, 0.3) is 0 Å². The van der Waals surface area contributed by atoms with Crippen molar-refractivity contribution in [2.24, 2.45) is 4.99 Å². The third-order valence-electron chi connectivity index (χ3n) is 4.18. The molecule has 1 atom stereocenters. The molecule has 31 heavy (non-hydrogen) atoms. The zero-order chi connectivity index (χ0) is 23.4. The van der Waals surface area contributed by atoms with Gasteiger partial charge in [0.05, 0.1) is 12.3 Å². The predicted octanol–water partition coefficient (Wildman–Crippen LogP) is 6.33. The van der Waals surface area contributed by atoms with Crippen molar-refractivity contribution in [1.82, 2.24) is 9.97 Å². The molecule has 3 aromatic rings. The summed E-state index contributed by atoms with van der Waals surface area (Å²) in [5, 5.41) is 1.16. The van der Waals surface area contributed by atoms with Gasteiger partial charge in [0.1, 0.15) is 10.6 Å². The van der Waals surface area contributed by atoms with Crippen LogP contribution >= 0.6 is 11.3 Å². The lowest BCUT2D eigenvalue weighted by molar-refractivity contribution is 0.00819. The first-order valence-electron chi connectivity index (χ1n) is 9.89. The van der Waals surface area contributed by atoms with Crippen LogP contribution in [0, 0.1) is 0 Å². The Bertz CT molecular complexity index is 960. The van der Waals surface area contributed by atoms with Crippen LogP contribution in [0.4, 0.5) is 19.0 Å². The number of hydrogen-bond donors (Lipinski definition) is 1. The maximum atomic E-state index is 9.67. The van der Waals surface area contributed by atoms with Crippen LogP contribution in [0.2, 0.25) is 0 Å². The van der Waals surface area contributed by atoms with E-state index in [0.717, 1.165) is 40.1 Å². The molecule has 0 saturated carbocycles. The Morgan fingerprint density at radius 3 is 2.48 bits per heavy atom. The summed E-state index contributed by atoms with van der Waals surface area (Å²) in [4.78, 5) is 15.5. The number of anilines is 1. The standard InChI is InChI=1S/C19H22N4OS.C2H6.CHF3/c1-4-12(11-24-3)17-8-13-5-6-16(23-19(13)25-17)14-7-15(9-21-2)18(20)22-10-14;1-2;2-1(3)4/h5-10,12H,4,11H2,1-3H3,(H2,20,22);1-2H3;1H. The van der Waals surface area contributed by atoms with E-state index in [0.29, 0.717) is 11.7 Å². The number of aromatic nitrogens is 2. The number of nitrogen functional groups attached to an aromatic ring is 1. The fourth-order valence-corrected chi connectivity index (χ4v) is 3.98. The van der Waals surface area contributed by atoms with Crippen molar-refractivity contribution in [3.8, 4) is 11.3 Å². The monoisotopic (exact) mass is 454 g/mol. The number of hydrogen-bond acceptors (Lipinski definition) is 6. The highest BCUT2D eigenvalue weighted by molar-refractivity contribution is 7.18. The number of nitrogens with zero attached hydrogens (tertiary/aromatic N) is 3. The summed E-state index contributed by atoms with van der Waals surface area (Å²) in [6.07, 6.45) is 4.52. The largest absolute Gasteiger partial charge is 0.384 e. The second-order valence-corrected chi connectivity index (χ2v) is 7.20. The van der Waals surface area contributed by atoms with Gasteiger partial charge in [-0.1, -0.05) is 20.8 Å². The number of alkyl halides is 3. The molecule has 5 nitrogen and oxygen atoms in total. The summed E-state index contributed by atoms with van der Waals surface area (Å²) >= 11 is 1.73. The number of aliphatic imine (C=N–C) groups is 1. The number of ether oxygens (including phenoxy) is 1. The highest BCUT2D eigenvalue weighted by Gasteiger charge is 2.14. The molecule has 2 N–H and O–H groups in total. The van der Waals surface area contributed by atoms with E-state index in [2.05, 4.69) is 29.0 Å². The minimum atomic E-state index is -3.67. The molecule has 0 fully saturated rings. The van der Waals surface area contributed by atoms with E-state index < -0.39 is 6.68 Å². The van der Waals surface area contributed by atoms with Crippen molar-refractivity contribution >= 4 is 33.6 Å². The number of halogens is 3. The number of fused-ring (bicyclic) bond motifs is 1. The molecule has 1 unspecified atom stereocenters. The third-order valence-corrected chi connectivity index (χ3v) is 5.39. The van der Waals surface area contributed by atoms with Gasteiger partial charge in [-0.2, -0.15) is 13.2 Å². The summed E-state index contributed by atoms with van der Waals surface area (Å²) in [7, 11) is 3.46. The molecule has 0 aliphatic heterocycles. The summed E-state index contributed by atoms with van der Waals surface area (Å²) in [5.41, 5.74) is 8.52. The van der Waals surface area contributed by atoms with Gasteiger partial charge >= 0.3 is 6.68 Å². The average Bonchev–Trinajstić information content (AvgIpc) is 3.18. The molecule has 3 heterocycles. The van der Waals surface area contributed by atoms with Crippen molar-refractivity contribution < 1.29 is 17.9 Å². The summed E-state index contributed by atoms with van der Waals surface area (Å²) in [6, 6.07) is 8.33. The van der Waals surface area contributed by atoms with Crippen LogP contribution < -0.4 is 5.73 Å². The zero-order valence-electron chi connectivity index (χ0n) is 18.4. The van der Waals surface area contributed by atoms with E-state index in [4.69, 9.17) is 15.5 Å². The second-order valence-electron chi connectivity index (χ2n) is 6.13. The van der Waals surface area contributed by atoms with E-state index in [-0.39, 0.29) is 0 Å². The second kappa shape index (κ2) is 13.7. The van der Waals surface area contributed by atoms with Crippen molar-refractivity contribution in [2.45, 2.75) is 39.8 Å². The summed E-state index contributed by atoms with van der Waals surface area (Å²) in [5.74, 6) is 0.886. The Labute approximate surface area is 185 Å². The molecule has 3 rings (SSSR count). The first-order chi connectivity index (χ1) is 14.9. The predicted molar refractivity (Wildman–Crippen MR) is 124 cm³/mol. The SMILES string of the molecule is CC.CCC(COC)c1cc2ccc(-c3cnc(N)c(C=NC)c3)nc2s1.FC(F)F. The van der Waals surface area contributed by atoms with Gasteiger partial charge in [-0.25, -0.2) is 9.97 Å². The molecular formula is C22H29F3N4OS. The van der Waals surface area contributed by atoms with Crippen molar-refractivity contribution in [3.05, 3.63) is 40.9 Å². The number of nitrogens with two attached hydrogens (primary N) is 1. The van der Waals surface area contributed by atoms with E-state index in [1.54, 1.807) is 37.9 Å². The lowest BCUT2D eigenvalue weighted by Crippen LogP contribution is -2.02. The summed E-state index contributed by atoms with van der Waals surface area (Å²) in [6.45, 7) is 3.25. The van der Waals surface area contributed by atoms with E-state index in [1.165, 1.54) is 4.88 Å². The fourth-order valence-electron chi connectivity index (χ4n) is 2.78. The maximum Gasteiger partial charge on any atom is 0.379 e. The van der Waals surface area contributed by atoms with Crippen molar-refractivity contribution in [3.63, 3.8) is 0 Å². The number of pyridine rings is 2. The molecule has 0 radical (unpaired) electrons. The Morgan fingerprint density at radius 1 is 1.23 bits per heavy atom. The molecule has 0 aromatic carbocycles. The molecule has 0 aliphatic rings. The smallest absolute Gasteiger partial charge is 0.379 e. The average molecular weight is 455 g/mol. The van der Waals surface area contributed by atoms with Gasteiger partial charge < -0.3 is 10.5 Å². The van der Waals surface area contributed by atoms with Crippen LogP contribution in [0.15, 0.2) is 35.5 Å². The third kappa shape index (κ3) is 7.91. The molecule has 0 amide bonds. The van der Waals surface area contributed by atoms with Crippen LogP contribution in [0.5, 0.6) is 0 Å². The highest BCUT2D eigenvalue weighted by atomic mass is 32.1. The van der Waals surface area contributed by atoms with E-state index >= 15 is 0 Å². The topological polar surface area (TPSA) is 73.4 Å². The summed E-state index contributed by atoms with van der Waals surface area (Å²) < 4.78 is 34.3. The lowest BCUT2D eigenvalue weighted by atomic mass is 10.1. The zero-order valence-corrected chi connectivity index (χ0v) is 19.2. The lowest BCUT2D eigenvalue weighted by Gasteiger charge is -2.10. The maximum absolute atomic E-state index is 9.67. The van der Waals surface area contributed by atoms with Gasteiger partial charge in [0.15, 0.2) is 0 Å². The van der Waals surface area contributed by atoms with Crippen molar-refractivity contribution in [1.29, 1.82) is 0 Å². The van der Waals surface area contributed by atoms with Crippen LogP contribution in [0.3, 0.4) is 0 Å². The van der Waals surface area contributed by atoms with E-state index in [9.17, 15) is 13.2 Å². The van der Waals surface area contributed by atoms with Crippen LogP contribution in [-0.4, -0.2) is 43.6 Å².